The molecule has 0 aliphatic rings. The summed E-state index contributed by atoms with van der Waals surface area (Å²) < 4.78 is 0.846. The molecule has 1 aromatic heterocycles. The van der Waals surface area contributed by atoms with Gasteiger partial charge in [0.1, 0.15) is 5.82 Å². The smallest absolute Gasteiger partial charge is 0.161 e. The molecule has 1 N–H and O–H groups in total. The summed E-state index contributed by atoms with van der Waals surface area (Å²) in [5.74, 6) is 1.53. The van der Waals surface area contributed by atoms with Crippen LogP contribution in [0.25, 0.3) is 11.4 Å². The molecule has 1 heterocycles. The fourth-order valence-corrected chi connectivity index (χ4v) is 2.07. The Morgan fingerprint density at radius 2 is 2.06 bits per heavy atom. The molecule has 0 bridgehead atoms. The summed E-state index contributed by atoms with van der Waals surface area (Å²) in [5, 5.41) is 3.73. The van der Waals surface area contributed by atoms with Gasteiger partial charge >= 0.3 is 0 Å². The Kier molecular flexibility index (Phi) is 4.19. The average molecular weight is 327 g/mol. The first-order chi connectivity index (χ1) is 8.63. The van der Waals surface area contributed by atoms with Crippen molar-refractivity contribution >= 4 is 33.3 Å². The first-order valence-corrected chi connectivity index (χ1v) is 6.82. The van der Waals surface area contributed by atoms with Crippen molar-refractivity contribution in [3.8, 4) is 11.4 Å². The SMILES string of the molecule is CCc1cc(NC)nc(-c2ccc(Cl)c(Br)c2)n1. The lowest BCUT2D eigenvalue weighted by molar-refractivity contribution is 1.01. The van der Waals surface area contributed by atoms with Crippen LogP contribution < -0.4 is 5.32 Å². The van der Waals surface area contributed by atoms with Crippen molar-refractivity contribution in [1.29, 1.82) is 0 Å². The summed E-state index contributed by atoms with van der Waals surface area (Å²) in [6, 6.07) is 7.63. The van der Waals surface area contributed by atoms with Crippen LogP contribution in [0.3, 0.4) is 0 Å². The molecule has 0 spiro atoms. The minimum absolute atomic E-state index is 0.680. The van der Waals surface area contributed by atoms with Gasteiger partial charge in [-0.1, -0.05) is 18.5 Å². The Bertz CT molecular complexity index is 550. The van der Waals surface area contributed by atoms with E-state index in [4.69, 9.17) is 11.6 Å². The zero-order valence-electron chi connectivity index (χ0n) is 10.2. The average Bonchev–Trinajstić information content (AvgIpc) is 2.41. The lowest BCUT2D eigenvalue weighted by Crippen LogP contribution is -2.00. The summed E-state index contributed by atoms with van der Waals surface area (Å²) in [7, 11) is 1.85. The van der Waals surface area contributed by atoms with Gasteiger partial charge in [0.25, 0.3) is 0 Å². The maximum absolute atomic E-state index is 5.99. The van der Waals surface area contributed by atoms with E-state index >= 15 is 0 Å². The van der Waals surface area contributed by atoms with Crippen LogP contribution in [-0.4, -0.2) is 17.0 Å². The van der Waals surface area contributed by atoms with Gasteiger partial charge in [-0.25, -0.2) is 9.97 Å². The summed E-state index contributed by atoms with van der Waals surface area (Å²) in [4.78, 5) is 8.98. The highest BCUT2D eigenvalue weighted by atomic mass is 79.9. The standard InChI is InChI=1S/C13H13BrClN3/c1-3-9-7-12(16-2)18-13(17-9)8-4-5-11(15)10(14)6-8/h4-7H,3H2,1-2H3,(H,16,17,18). The molecule has 0 radical (unpaired) electrons. The van der Waals surface area contributed by atoms with E-state index < -0.39 is 0 Å². The van der Waals surface area contributed by atoms with Crippen LogP contribution in [0.5, 0.6) is 0 Å². The maximum Gasteiger partial charge on any atom is 0.161 e. The number of nitrogens with one attached hydrogen (secondary N) is 1. The first kappa shape index (κ1) is 13.3. The number of hydrogen-bond donors (Lipinski definition) is 1. The minimum atomic E-state index is 0.680. The lowest BCUT2D eigenvalue weighted by Gasteiger charge is -2.07. The van der Waals surface area contributed by atoms with E-state index in [9.17, 15) is 0 Å². The Hall–Kier alpha value is -1.13. The number of rotatable bonds is 3. The molecule has 0 unspecified atom stereocenters. The molecule has 1 aromatic carbocycles. The number of benzene rings is 1. The van der Waals surface area contributed by atoms with Crippen LogP contribution in [0.15, 0.2) is 28.7 Å². The molecule has 5 heteroatoms. The largest absolute Gasteiger partial charge is 0.373 e. The second kappa shape index (κ2) is 5.67. The Morgan fingerprint density at radius 3 is 2.67 bits per heavy atom. The fraction of sp³-hybridized carbons (Fsp3) is 0.231. The molecule has 94 valence electrons. The Balaban J connectivity index is 2.51. The minimum Gasteiger partial charge on any atom is -0.373 e. The predicted octanol–water partition coefficient (Wildman–Crippen LogP) is 4.16. The van der Waals surface area contributed by atoms with E-state index in [1.54, 1.807) is 0 Å². The highest BCUT2D eigenvalue weighted by molar-refractivity contribution is 9.10. The molecule has 2 aromatic rings. The van der Waals surface area contributed by atoms with Gasteiger partial charge in [0.2, 0.25) is 0 Å². The van der Waals surface area contributed by atoms with Crippen LogP contribution in [0.4, 0.5) is 5.82 Å². The molecule has 0 aliphatic carbocycles. The number of nitrogens with zero attached hydrogens (tertiary/aromatic N) is 2. The monoisotopic (exact) mass is 325 g/mol. The second-order valence-corrected chi connectivity index (χ2v) is 5.06. The molecular weight excluding hydrogens is 314 g/mol. The maximum atomic E-state index is 5.99. The first-order valence-electron chi connectivity index (χ1n) is 5.65. The highest BCUT2D eigenvalue weighted by Crippen LogP contribution is 2.27. The number of aryl methyl sites for hydroxylation is 1. The quantitative estimate of drug-likeness (QED) is 0.920. The van der Waals surface area contributed by atoms with Crippen molar-refractivity contribution in [2.45, 2.75) is 13.3 Å². The van der Waals surface area contributed by atoms with Gasteiger partial charge in [0.05, 0.1) is 5.02 Å². The van der Waals surface area contributed by atoms with Crippen LogP contribution in [0.2, 0.25) is 5.02 Å². The molecule has 0 saturated heterocycles. The number of halogens is 2. The van der Waals surface area contributed by atoms with Gasteiger partial charge in [-0.3, -0.25) is 0 Å². The summed E-state index contributed by atoms with van der Waals surface area (Å²) in [6.45, 7) is 2.07. The second-order valence-electron chi connectivity index (χ2n) is 3.80. The molecule has 0 amide bonds. The van der Waals surface area contributed by atoms with Crippen LogP contribution in [-0.2, 0) is 6.42 Å². The van der Waals surface area contributed by atoms with Crippen molar-refractivity contribution in [1.82, 2.24) is 9.97 Å². The zero-order chi connectivity index (χ0) is 13.1. The fourth-order valence-electron chi connectivity index (χ4n) is 1.57. The Morgan fingerprint density at radius 1 is 1.28 bits per heavy atom. The predicted molar refractivity (Wildman–Crippen MR) is 79.1 cm³/mol. The van der Waals surface area contributed by atoms with Crippen molar-refractivity contribution in [3.63, 3.8) is 0 Å². The zero-order valence-corrected chi connectivity index (χ0v) is 12.5. The molecular formula is C13H13BrClN3. The Labute approximate surface area is 120 Å². The van der Waals surface area contributed by atoms with Gasteiger partial charge in [0.15, 0.2) is 5.82 Å². The van der Waals surface area contributed by atoms with Gasteiger partial charge < -0.3 is 5.32 Å². The molecule has 3 nitrogen and oxygen atoms in total. The third-order valence-electron chi connectivity index (χ3n) is 2.58. The van der Waals surface area contributed by atoms with Crippen molar-refractivity contribution in [2.75, 3.05) is 12.4 Å². The van der Waals surface area contributed by atoms with Crippen LogP contribution in [0.1, 0.15) is 12.6 Å². The molecule has 0 fully saturated rings. The normalized spacial score (nSPS) is 10.4. The van der Waals surface area contributed by atoms with E-state index in [1.165, 1.54) is 0 Å². The molecule has 0 atom stereocenters. The van der Waals surface area contributed by atoms with Crippen molar-refractivity contribution < 1.29 is 0 Å². The van der Waals surface area contributed by atoms with Crippen molar-refractivity contribution in [3.05, 3.63) is 39.5 Å². The van der Waals surface area contributed by atoms with E-state index in [0.29, 0.717) is 10.8 Å². The number of hydrogen-bond acceptors (Lipinski definition) is 3. The topological polar surface area (TPSA) is 37.8 Å². The summed E-state index contributed by atoms with van der Waals surface area (Å²) in [5.41, 5.74) is 1.95. The number of aromatic nitrogens is 2. The van der Waals surface area contributed by atoms with Crippen LogP contribution >= 0.6 is 27.5 Å². The van der Waals surface area contributed by atoms with E-state index in [1.807, 2.05) is 31.3 Å². The molecule has 2 rings (SSSR count). The molecule has 0 aliphatic heterocycles. The van der Waals surface area contributed by atoms with Crippen molar-refractivity contribution in [2.24, 2.45) is 0 Å². The summed E-state index contributed by atoms with van der Waals surface area (Å²) in [6.07, 6.45) is 0.874. The molecule has 0 saturated carbocycles. The third-order valence-corrected chi connectivity index (χ3v) is 3.79. The lowest BCUT2D eigenvalue weighted by atomic mass is 10.2. The van der Waals surface area contributed by atoms with Crippen LogP contribution in [0, 0.1) is 0 Å². The van der Waals surface area contributed by atoms with Gasteiger partial charge in [-0.2, -0.15) is 0 Å². The molecule has 18 heavy (non-hydrogen) atoms. The third kappa shape index (κ3) is 2.82. The van der Waals surface area contributed by atoms with E-state index in [2.05, 4.69) is 38.1 Å². The van der Waals surface area contributed by atoms with Gasteiger partial charge in [-0.05, 0) is 40.5 Å². The number of anilines is 1. The van der Waals surface area contributed by atoms with E-state index in [-0.39, 0.29) is 0 Å². The summed E-state index contributed by atoms with van der Waals surface area (Å²) >= 11 is 9.40. The highest BCUT2D eigenvalue weighted by Gasteiger charge is 2.07. The van der Waals surface area contributed by atoms with Gasteiger partial charge in [0, 0.05) is 28.8 Å². The van der Waals surface area contributed by atoms with E-state index in [0.717, 1.165) is 28.0 Å². The van der Waals surface area contributed by atoms with Gasteiger partial charge in [-0.15, -0.1) is 0 Å².